The molecule has 8 nitrogen and oxygen atoms in total. The van der Waals surface area contributed by atoms with Gasteiger partial charge in [0.1, 0.15) is 0 Å². The fourth-order valence-corrected chi connectivity index (χ4v) is 2.99. The minimum Gasteiger partial charge on any atom is -0.381 e. The molecule has 1 saturated heterocycles. The van der Waals surface area contributed by atoms with E-state index >= 15 is 0 Å². The molecule has 0 aliphatic carbocycles. The average molecular weight is 408 g/mol. The van der Waals surface area contributed by atoms with Gasteiger partial charge in [-0.05, 0) is 25.0 Å². The van der Waals surface area contributed by atoms with Gasteiger partial charge in [-0.1, -0.05) is 28.9 Å². The lowest BCUT2D eigenvalue weighted by Crippen LogP contribution is -2.37. The van der Waals surface area contributed by atoms with Crippen LogP contribution in [0.3, 0.4) is 0 Å². The van der Waals surface area contributed by atoms with Gasteiger partial charge in [0.05, 0.1) is 19.8 Å². The zero-order valence-electron chi connectivity index (χ0n) is 16.0. The predicted octanol–water partition coefficient (Wildman–Crippen LogP) is 2.50. The van der Waals surface area contributed by atoms with E-state index in [1.54, 1.807) is 19.2 Å². The summed E-state index contributed by atoms with van der Waals surface area (Å²) in [5.41, 5.74) is 0.814. The molecular formula is C19H26ClN5O3. The number of aliphatic imine (C=N–C) groups is 1. The van der Waals surface area contributed by atoms with Crippen LogP contribution in [0.15, 0.2) is 33.8 Å². The number of aromatic nitrogens is 2. The number of rotatable bonds is 9. The van der Waals surface area contributed by atoms with Gasteiger partial charge >= 0.3 is 0 Å². The lowest BCUT2D eigenvalue weighted by atomic mass is 10.1. The molecule has 0 spiro atoms. The smallest absolute Gasteiger partial charge is 0.246 e. The second kappa shape index (κ2) is 11.0. The first kappa shape index (κ1) is 20.6. The van der Waals surface area contributed by atoms with Crippen LogP contribution in [0.2, 0.25) is 5.02 Å². The average Bonchev–Trinajstić information content (AvgIpc) is 3.39. The van der Waals surface area contributed by atoms with E-state index in [2.05, 4.69) is 25.8 Å². The number of halogens is 1. The summed E-state index contributed by atoms with van der Waals surface area (Å²) in [7, 11) is 1.72. The summed E-state index contributed by atoms with van der Waals surface area (Å²) in [6.45, 7) is 4.32. The number of guanidine groups is 1. The molecule has 0 amide bonds. The fourth-order valence-electron chi connectivity index (χ4n) is 2.80. The van der Waals surface area contributed by atoms with Crippen LogP contribution in [-0.2, 0) is 16.0 Å². The maximum atomic E-state index is 6.00. The third-order valence-corrected chi connectivity index (χ3v) is 4.55. The Bertz CT molecular complexity index is 762. The second-order valence-electron chi connectivity index (χ2n) is 6.53. The van der Waals surface area contributed by atoms with Crippen LogP contribution < -0.4 is 10.6 Å². The summed E-state index contributed by atoms with van der Waals surface area (Å²) in [5.74, 6) is 2.20. The first-order valence-corrected chi connectivity index (χ1v) is 9.81. The lowest BCUT2D eigenvalue weighted by Gasteiger charge is -2.11. The molecule has 0 saturated carbocycles. The molecule has 3 rings (SSSR count). The minimum absolute atomic E-state index is 0.380. The molecule has 1 aliphatic heterocycles. The molecule has 1 unspecified atom stereocenters. The standard InChI is InChI=1S/C19H26ClN5O3/c1-21-19(22-7-3-8-26-12-14-6-9-27-13-14)23-11-17-24-18(25-28-17)15-4-2-5-16(20)10-15/h2,4-5,10,14H,3,6-9,11-13H2,1H3,(H2,21,22,23). The SMILES string of the molecule is CN=C(NCCCOCC1CCOC1)NCc1nc(-c2cccc(Cl)c2)no1. The molecule has 2 N–H and O–H groups in total. The molecule has 9 heteroatoms. The van der Waals surface area contributed by atoms with Crippen molar-refractivity contribution in [2.75, 3.05) is 40.0 Å². The molecule has 1 aliphatic rings. The highest BCUT2D eigenvalue weighted by molar-refractivity contribution is 6.30. The van der Waals surface area contributed by atoms with E-state index in [0.29, 0.717) is 41.8 Å². The summed E-state index contributed by atoms with van der Waals surface area (Å²) >= 11 is 6.00. The topological polar surface area (TPSA) is 93.8 Å². The number of nitrogens with zero attached hydrogens (tertiary/aromatic N) is 3. The van der Waals surface area contributed by atoms with Gasteiger partial charge in [-0.15, -0.1) is 0 Å². The van der Waals surface area contributed by atoms with E-state index in [-0.39, 0.29) is 0 Å². The summed E-state index contributed by atoms with van der Waals surface area (Å²) in [4.78, 5) is 8.56. The van der Waals surface area contributed by atoms with E-state index in [1.807, 2.05) is 12.1 Å². The highest BCUT2D eigenvalue weighted by Crippen LogP contribution is 2.19. The summed E-state index contributed by atoms with van der Waals surface area (Å²) < 4.78 is 16.3. The van der Waals surface area contributed by atoms with Crippen LogP contribution in [0.25, 0.3) is 11.4 Å². The van der Waals surface area contributed by atoms with Crippen molar-refractivity contribution in [3.8, 4) is 11.4 Å². The van der Waals surface area contributed by atoms with Crippen LogP contribution in [0.5, 0.6) is 0 Å². The van der Waals surface area contributed by atoms with Crippen molar-refractivity contribution in [1.29, 1.82) is 0 Å². The van der Waals surface area contributed by atoms with Gasteiger partial charge in [0, 0.05) is 43.3 Å². The Morgan fingerprint density at radius 2 is 2.32 bits per heavy atom. The summed E-state index contributed by atoms with van der Waals surface area (Å²) in [5, 5.41) is 11.0. The Hall–Kier alpha value is -2.16. The van der Waals surface area contributed by atoms with Crippen LogP contribution in [0, 0.1) is 5.92 Å². The van der Waals surface area contributed by atoms with Gasteiger partial charge in [-0.2, -0.15) is 4.98 Å². The van der Waals surface area contributed by atoms with Gasteiger partial charge in [0.25, 0.3) is 0 Å². The summed E-state index contributed by atoms with van der Waals surface area (Å²) in [6.07, 6.45) is 2.00. The Kier molecular flexibility index (Phi) is 8.07. The number of hydrogen-bond acceptors (Lipinski definition) is 6. The largest absolute Gasteiger partial charge is 0.381 e. The van der Waals surface area contributed by atoms with E-state index in [1.165, 1.54) is 0 Å². The van der Waals surface area contributed by atoms with E-state index in [9.17, 15) is 0 Å². The molecule has 1 atom stereocenters. The molecule has 1 fully saturated rings. The molecule has 2 aromatic rings. The van der Waals surface area contributed by atoms with Crippen LogP contribution in [0.1, 0.15) is 18.7 Å². The number of nitrogens with one attached hydrogen (secondary N) is 2. The lowest BCUT2D eigenvalue weighted by molar-refractivity contribution is 0.0888. The molecule has 2 heterocycles. The number of benzene rings is 1. The van der Waals surface area contributed by atoms with Gasteiger partial charge in [-0.25, -0.2) is 0 Å². The predicted molar refractivity (Wildman–Crippen MR) is 107 cm³/mol. The highest BCUT2D eigenvalue weighted by atomic mass is 35.5. The van der Waals surface area contributed by atoms with Crippen LogP contribution in [0.4, 0.5) is 0 Å². The van der Waals surface area contributed by atoms with Gasteiger partial charge < -0.3 is 24.6 Å². The monoisotopic (exact) mass is 407 g/mol. The quantitative estimate of drug-likeness (QED) is 0.374. The van der Waals surface area contributed by atoms with Crippen molar-refractivity contribution in [2.45, 2.75) is 19.4 Å². The summed E-state index contributed by atoms with van der Waals surface area (Å²) in [6, 6.07) is 7.34. The Labute approximate surface area is 169 Å². The maximum Gasteiger partial charge on any atom is 0.246 e. The Morgan fingerprint density at radius 1 is 1.39 bits per heavy atom. The molecular weight excluding hydrogens is 382 g/mol. The van der Waals surface area contributed by atoms with Gasteiger partial charge in [-0.3, -0.25) is 4.99 Å². The zero-order chi connectivity index (χ0) is 19.6. The van der Waals surface area contributed by atoms with Gasteiger partial charge in [0.15, 0.2) is 5.96 Å². The van der Waals surface area contributed by atoms with Crippen molar-refractivity contribution in [2.24, 2.45) is 10.9 Å². The Morgan fingerprint density at radius 3 is 3.11 bits per heavy atom. The van der Waals surface area contributed by atoms with Crippen molar-refractivity contribution in [3.63, 3.8) is 0 Å². The Balaban J connectivity index is 1.34. The molecule has 0 bridgehead atoms. The van der Waals surface area contributed by atoms with Crippen molar-refractivity contribution in [3.05, 3.63) is 35.2 Å². The molecule has 0 radical (unpaired) electrons. The molecule has 1 aromatic heterocycles. The first-order valence-electron chi connectivity index (χ1n) is 9.43. The van der Waals surface area contributed by atoms with Crippen molar-refractivity contribution >= 4 is 17.6 Å². The fraction of sp³-hybridized carbons (Fsp3) is 0.526. The van der Waals surface area contributed by atoms with Gasteiger partial charge in [0.2, 0.25) is 11.7 Å². The minimum atomic E-state index is 0.380. The van der Waals surface area contributed by atoms with E-state index in [4.69, 9.17) is 25.6 Å². The number of hydrogen-bond donors (Lipinski definition) is 2. The third-order valence-electron chi connectivity index (χ3n) is 4.32. The second-order valence-corrected chi connectivity index (χ2v) is 6.97. The van der Waals surface area contributed by atoms with Crippen molar-refractivity contribution in [1.82, 2.24) is 20.8 Å². The van der Waals surface area contributed by atoms with E-state index in [0.717, 1.165) is 44.8 Å². The molecule has 28 heavy (non-hydrogen) atoms. The molecule has 152 valence electrons. The maximum absolute atomic E-state index is 6.00. The highest BCUT2D eigenvalue weighted by Gasteiger charge is 2.15. The number of ether oxygens (including phenoxy) is 2. The van der Waals surface area contributed by atoms with Crippen molar-refractivity contribution < 1.29 is 14.0 Å². The first-order chi connectivity index (χ1) is 13.7. The normalized spacial score (nSPS) is 17.1. The zero-order valence-corrected chi connectivity index (χ0v) is 16.7. The third kappa shape index (κ3) is 6.47. The molecule has 1 aromatic carbocycles. The van der Waals surface area contributed by atoms with Crippen LogP contribution >= 0.6 is 11.6 Å². The van der Waals surface area contributed by atoms with Crippen LogP contribution in [-0.4, -0.2) is 56.1 Å². The van der Waals surface area contributed by atoms with E-state index < -0.39 is 0 Å².